The highest BCUT2D eigenvalue weighted by Crippen LogP contribution is 2.27. The van der Waals surface area contributed by atoms with Crippen molar-refractivity contribution in [2.45, 2.75) is 46.2 Å². The summed E-state index contributed by atoms with van der Waals surface area (Å²) in [6.45, 7) is 12.2. The van der Waals surface area contributed by atoms with E-state index in [1.807, 2.05) is 49.4 Å². The number of para-hydroxylation sites is 1. The van der Waals surface area contributed by atoms with Gasteiger partial charge in [0.2, 0.25) is 0 Å². The molecule has 0 aliphatic carbocycles. The van der Waals surface area contributed by atoms with E-state index in [2.05, 4.69) is 40.8 Å². The van der Waals surface area contributed by atoms with Gasteiger partial charge in [-0.1, -0.05) is 43.9 Å². The molecule has 2 aromatic rings. The van der Waals surface area contributed by atoms with Crippen LogP contribution in [0.2, 0.25) is 0 Å². The minimum Gasteiger partial charge on any atom is -0.507 e. The fraction of sp³-hybridized carbons (Fsp3) is 0.462. The van der Waals surface area contributed by atoms with Gasteiger partial charge in [-0.2, -0.15) is 0 Å². The molecule has 3 rings (SSSR count). The molecule has 4 heteroatoms. The van der Waals surface area contributed by atoms with Gasteiger partial charge in [-0.15, -0.1) is 0 Å². The van der Waals surface area contributed by atoms with Crippen LogP contribution in [0.4, 0.5) is 5.69 Å². The zero-order valence-electron chi connectivity index (χ0n) is 18.6. The minimum absolute atomic E-state index is 0.411. The van der Waals surface area contributed by atoms with Crippen molar-refractivity contribution >= 4 is 5.69 Å². The summed E-state index contributed by atoms with van der Waals surface area (Å²) < 4.78 is 0. The Bertz CT molecular complexity index is 857. The normalized spacial score (nSPS) is 15.1. The van der Waals surface area contributed by atoms with Crippen LogP contribution in [0.1, 0.15) is 43.4 Å². The summed E-state index contributed by atoms with van der Waals surface area (Å²) in [5, 5.41) is 13.9. The largest absolute Gasteiger partial charge is 0.507 e. The standard InChI is InChI=1S/C26H35N3O/c1-4-29(5-2)25-13-16-28(17-14-25)20-23-19-22(18-21(3)26(23)30)10-9-15-27-24-11-7-6-8-12-24/h6-8,11-12,18-19,25,27,30H,4-5,13-17,20H2,1-3H3. The third-order valence-electron chi connectivity index (χ3n) is 6.05. The van der Waals surface area contributed by atoms with Crippen LogP contribution in [0.15, 0.2) is 42.5 Å². The van der Waals surface area contributed by atoms with E-state index < -0.39 is 0 Å². The molecule has 30 heavy (non-hydrogen) atoms. The molecule has 160 valence electrons. The molecule has 0 amide bonds. The zero-order valence-corrected chi connectivity index (χ0v) is 18.6. The summed E-state index contributed by atoms with van der Waals surface area (Å²) in [7, 11) is 0. The molecule has 4 nitrogen and oxygen atoms in total. The number of anilines is 1. The second kappa shape index (κ2) is 11.1. The van der Waals surface area contributed by atoms with Crippen molar-refractivity contribution in [1.29, 1.82) is 0 Å². The van der Waals surface area contributed by atoms with Crippen LogP contribution in [0.5, 0.6) is 5.75 Å². The topological polar surface area (TPSA) is 38.7 Å². The van der Waals surface area contributed by atoms with Crippen molar-refractivity contribution in [2.24, 2.45) is 0 Å². The predicted octanol–water partition coefficient (Wildman–Crippen LogP) is 4.47. The van der Waals surface area contributed by atoms with Crippen LogP contribution >= 0.6 is 0 Å². The van der Waals surface area contributed by atoms with Gasteiger partial charge in [0.25, 0.3) is 0 Å². The Morgan fingerprint density at radius 3 is 2.47 bits per heavy atom. The number of nitrogens with one attached hydrogen (secondary N) is 1. The SMILES string of the molecule is CCN(CC)C1CCN(Cc2cc(C#CCNc3ccccc3)cc(C)c2O)CC1. The Hall–Kier alpha value is -2.48. The number of piperidine rings is 1. The molecule has 1 heterocycles. The van der Waals surface area contributed by atoms with E-state index >= 15 is 0 Å². The first-order valence-corrected chi connectivity index (χ1v) is 11.2. The molecule has 1 aliphatic heterocycles. The second-order valence-corrected chi connectivity index (χ2v) is 8.05. The summed E-state index contributed by atoms with van der Waals surface area (Å²) >= 11 is 0. The van der Waals surface area contributed by atoms with E-state index in [0.717, 1.165) is 55.1 Å². The van der Waals surface area contributed by atoms with Crippen molar-refractivity contribution < 1.29 is 5.11 Å². The Balaban J connectivity index is 1.60. The van der Waals surface area contributed by atoms with Crippen LogP contribution in [0.25, 0.3) is 0 Å². The lowest BCUT2D eigenvalue weighted by molar-refractivity contribution is 0.112. The van der Waals surface area contributed by atoms with Crippen molar-refractivity contribution in [3.8, 4) is 17.6 Å². The van der Waals surface area contributed by atoms with E-state index in [4.69, 9.17) is 0 Å². The number of phenolic OH excluding ortho intramolecular Hbond substituents is 1. The molecule has 1 fully saturated rings. The highest BCUT2D eigenvalue weighted by Gasteiger charge is 2.23. The lowest BCUT2D eigenvalue weighted by atomic mass is 10.0. The number of hydrogen-bond donors (Lipinski definition) is 2. The second-order valence-electron chi connectivity index (χ2n) is 8.05. The van der Waals surface area contributed by atoms with Gasteiger partial charge in [-0.05, 0) is 75.8 Å². The number of aryl methyl sites for hydroxylation is 1. The van der Waals surface area contributed by atoms with Crippen molar-refractivity contribution in [3.05, 3.63) is 59.2 Å². The molecule has 1 saturated heterocycles. The molecule has 0 radical (unpaired) electrons. The summed E-state index contributed by atoms with van der Waals surface area (Å²) in [5.74, 6) is 6.86. The molecular weight excluding hydrogens is 370 g/mol. The average Bonchev–Trinajstić information content (AvgIpc) is 2.77. The van der Waals surface area contributed by atoms with Crippen molar-refractivity contribution in [1.82, 2.24) is 9.80 Å². The highest BCUT2D eigenvalue weighted by molar-refractivity contribution is 5.49. The molecular formula is C26H35N3O. The monoisotopic (exact) mass is 405 g/mol. The van der Waals surface area contributed by atoms with Gasteiger partial charge >= 0.3 is 0 Å². The van der Waals surface area contributed by atoms with Gasteiger partial charge in [0.15, 0.2) is 0 Å². The molecule has 0 bridgehead atoms. The maximum Gasteiger partial charge on any atom is 0.123 e. The number of phenols is 1. The molecule has 2 N–H and O–H groups in total. The van der Waals surface area contributed by atoms with E-state index in [1.165, 1.54) is 12.8 Å². The highest BCUT2D eigenvalue weighted by atomic mass is 16.3. The van der Waals surface area contributed by atoms with Gasteiger partial charge < -0.3 is 15.3 Å². The number of nitrogens with zero attached hydrogens (tertiary/aromatic N) is 2. The summed E-state index contributed by atoms with van der Waals surface area (Å²) in [6, 6.07) is 14.8. The van der Waals surface area contributed by atoms with E-state index in [1.54, 1.807) is 0 Å². The average molecular weight is 406 g/mol. The van der Waals surface area contributed by atoms with Gasteiger partial charge in [0, 0.05) is 29.4 Å². The maximum atomic E-state index is 10.6. The van der Waals surface area contributed by atoms with Gasteiger partial charge in [0.1, 0.15) is 5.75 Å². The fourth-order valence-corrected chi connectivity index (χ4v) is 4.32. The maximum absolute atomic E-state index is 10.6. The van der Waals surface area contributed by atoms with Crippen molar-refractivity contribution in [3.63, 3.8) is 0 Å². The predicted molar refractivity (Wildman–Crippen MR) is 126 cm³/mol. The lowest BCUT2D eigenvalue weighted by Gasteiger charge is -2.37. The first-order chi connectivity index (χ1) is 14.6. The van der Waals surface area contributed by atoms with Crippen molar-refractivity contribution in [2.75, 3.05) is 38.0 Å². The molecule has 0 saturated carbocycles. The van der Waals surface area contributed by atoms with E-state index in [-0.39, 0.29) is 0 Å². The Morgan fingerprint density at radius 2 is 1.80 bits per heavy atom. The van der Waals surface area contributed by atoms with Crippen LogP contribution in [-0.2, 0) is 6.54 Å². The zero-order chi connectivity index (χ0) is 21.3. The molecule has 0 atom stereocenters. The Morgan fingerprint density at radius 1 is 1.10 bits per heavy atom. The third kappa shape index (κ3) is 6.01. The van der Waals surface area contributed by atoms with Gasteiger partial charge in [-0.25, -0.2) is 0 Å². The van der Waals surface area contributed by atoms with Crippen LogP contribution < -0.4 is 5.32 Å². The fourth-order valence-electron chi connectivity index (χ4n) is 4.32. The number of benzene rings is 2. The smallest absolute Gasteiger partial charge is 0.123 e. The number of likely N-dealkylation sites (tertiary alicyclic amines) is 1. The number of hydrogen-bond acceptors (Lipinski definition) is 4. The first-order valence-electron chi connectivity index (χ1n) is 11.2. The minimum atomic E-state index is 0.411. The van der Waals surface area contributed by atoms with E-state index in [0.29, 0.717) is 18.3 Å². The van der Waals surface area contributed by atoms with Crippen LogP contribution in [0, 0.1) is 18.8 Å². The third-order valence-corrected chi connectivity index (χ3v) is 6.05. The quantitative estimate of drug-likeness (QED) is 0.667. The van der Waals surface area contributed by atoms with E-state index in [9.17, 15) is 5.11 Å². The summed E-state index contributed by atoms with van der Waals surface area (Å²) in [5.41, 5.74) is 3.91. The Kier molecular flexibility index (Phi) is 8.19. The van der Waals surface area contributed by atoms with Gasteiger partial charge in [-0.3, -0.25) is 4.90 Å². The number of rotatable bonds is 7. The Labute approximate surface area is 181 Å². The van der Waals surface area contributed by atoms with Crippen LogP contribution in [-0.4, -0.2) is 53.7 Å². The molecule has 0 aromatic heterocycles. The summed E-state index contributed by atoms with van der Waals surface area (Å²) in [6.07, 6.45) is 2.40. The lowest BCUT2D eigenvalue weighted by Crippen LogP contribution is -2.44. The molecule has 1 aliphatic rings. The summed E-state index contributed by atoms with van der Waals surface area (Å²) in [4.78, 5) is 5.03. The first kappa shape index (κ1) is 22.2. The molecule has 0 spiro atoms. The van der Waals surface area contributed by atoms with Gasteiger partial charge in [0.05, 0.1) is 6.54 Å². The number of aromatic hydroxyl groups is 1. The molecule has 2 aromatic carbocycles. The van der Waals surface area contributed by atoms with Crippen LogP contribution in [0.3, 0.4) is 0 Å². The molecule has 0 unspecified atom stereocenters.